The molecule has 5 heteroatoms. The van der Waals surface area contributed by atoms with Crippen LogP contribution in [-0.2, 0) is 4.79 Å². The number of benzene rings is 1. The third-order valence-electron chi connectivity index (χ3n) is 3.64. The highest BCUT2D eigenvalue weighted by atomic mass is 35.5. The zero-order chi connectivity index (χ0) is 12.4. The lowest BCUT2D eigenvalue weighted by Gasteiger charge is -2.24. The summed E-state index contributed by atoms with van der Waals surface area (Å²) >= 11 is 0. The zero-order valence-corrected chi connectivity index (χ0v) is 11.5. The molecule has 2 atom stereocenters. The molecule has 0 saturated carbocycles. The number of hydrogen-bond donors (Lipinski definition) is 2. The number of carbonyl (C=O) groups is 1. The molecule has 19 heavy (non-hydrogen) atoms. The van der Waals surface area contributed by atoms with Crippen LogP contribution in [0.15, 0.2) is 24.3 Å². The first-order valence-electron chi connectivity index (χ1n) is 6.60. The molecule has 1 amide bonds. The molecule has 1 aromatic rings. The molecule has 1 unspecified atom stereocenters. The van der Waals surface area contributed by atoms with E-state index in [0.717, 1.165) is 30.7 Å². The zero-order valence-electron chi connectivity index (χ0n) is 10.7. The minimum atomic E-state index is -0.0356. The number of amides is 1. The van der Waals surface area contributed by atoms with Gasteiger partial charge in [-0.3, -0.25) is 4.79 Å². The summed E-state index contributed by atoms with van der Waals surface area (Å²) in [7, 11) is 0. The van der Waals surface area contributed by atoms with Crippen LogP contribution < -0.4 is 15.4 Å². The largest absolute Gasteiger partial charge is 0.491 e. The summed E-state index contributed by atoms with van der Waals surface area (Å²) in [6.07, 6.45) is 3.23. The first-order valence-corrected chi connectivity index (χ1v) is 6.60. The maximum absolute atomic E-state index is 12.1. The molecule has 2 aliphatic rings. The smallest absolute Gasteiger partial charge is 0.237 e. The highest BCUT2D eigenvalue weighted by Crippen LogP contribution is 2.31. The summed E-state index contributed by atoms with van der Waals surface area (Å²) in [5, 5.41) is 6.34. The lowest BCUT2D eigenvalue weighted by molar-refractivity contribution is -0.124. The molecule has 1 fully saturated rings. The van der Waals surface area contributed by atoms with Gasteiger partial charge in [0.2, 0.25) is 5.91 Å². The highest BCUT2D eigenvalue weighted by Gasteiger charge is 2.28. The van der Waals surface area contributed by atoms with Crippen LogP contribution in [-0.4, -0.2) is 25.1 Å². The molecule has 0 spiro atoms. The van der Waals surface area contributed by atoms with Gasteiger partial charge in [-0.1, -0.05) is 24.6 Å². The molecule has 1 aromatic carbocycles. The summed E-state index contributed by atoms with van der Waals surface area (Å²) in [4.78, 5) is 12.1. The Kier molecular flexibility index (Phi) is 4.66. The van der Waals surface area contributed by atoms with Crippen molar-refractivity contribution in [1.29, 1.82) is 0 Å². The van der Waals surface area contributed by atoms with Crippen molar-refractivity contribution < 1.29 is 9.53 Å². The van der Waals surface area contributed by atoms with Crippen LogP contribution in [0.1, 0.15) is 30.9 Å². The first kappa shape index (κ1) is 14.2. The number of piperidine rings is 1. The predicted molar refractivity (Wildman–Crippen MR) is 75.7 cm³/mol. The molecule has 2 heterocycles. The van der Waals surface area contributed by atoms with Crippen LogP contribution in [0.5, 0.6) is 5.75 Å². The van der Waals surface area contributed by atoms with Crippen LogP contribution in [0.25, 0.3) is 0 Å². The lowest BCUT2D eigenvalue weighted by Crippen LogP contribution is -2.47. The average molecular weight is 283 g/mol. The minimum Gasteiger partial charge on any atom is -0.491 e. The first-order chi connectivity index (χ1) is 8.84. The Bertz CT molecular complexity index is 447. The fourth-order valence-corrected chi connectivity index (χ4v) is 2.63. The third-order valence-corrected chi connectivity index (χ3v) is 3.64. The van der Waals surface area contributed by atoms with Crippen molar-refractivity contribution in [1.82, 2.24) is 10.6 Å². The number of fused-ring (bicyclic) bond motifs is 1. The second-order valence-electron chi connectivity index (χ2n) is 4.91. The summed E-state index contributed by atoms with van der Waals surface area (Å²) in [6.45, 7) is 1.48. The van der Waals surface area contributed by atoms with Gasteiger partial charge >= 0.3 is 0 Å². The minimum absolute atomic E-state index is 0. The highest BCUT2D eigenvalue weighted by molar-refractivity contribution is 5.85. The quantitative estimate of drug-likeness (QED) is 0.870. The molecular weight excluding hydrogens is 264 g/mol. The van der Waals surface area contributed by atoms with E-state index in [1.807, 2.05) is 24.3 Å². The van der Waals surface area contributed by atoms with E-state index in [1.54, 1.807) is 0 Å². The van der Waals surface area contributed by atoms with Gasteiger partial charge in [0.15, 0.2) is 0 Å². The van der Waals surface area contributed by atoms with Crippen molar-refractivity contribution in [2.24, 2.45) is 0 Å². The Labute approximate surface area is 119 Å². The number of hydrogen-bond acceptors (Lipinski definition) is 3. The van der Waals surface area contributed by atoms with Crippen molar-refractivity contribution in [3.05, 3.63) is 29.8 Å². The summed E-state index contributed by atoms with van der Waals surface area (Å²) in [6, 6.07) is 7.85. The molecule has 4 nitrogen and oxygen atoms in total. The van der Waals surface area contributed by atoms with Gasteiger partial charge < -0.3 is 15.4 Å². The second-order valence-corrected chi connectivity index (χ2v) is 4.91. The topological polar surface area (TPSA) is 50.4 Å². The third kappa shape index (κ3) is 3.01. The number of carbonyl (C=O) groups excluding carboxylic acids is 1. The number of ether oxygens (including phenoxy) is 1. The predicted octanol–water partition coefficient (Wildman–Crippen LogP) is 1.80. The van der Waals surface area contributed by atoms with E-state index >= 15 is 0 Å². The Balaban J connectivity index is 0.00000133. The van der Waals surface area contributed by atoms with E-state index in [4.69, 9.17) is 4.74 Å². The maximum atomic E-state index is 12.1. The molecule has 3 rings (SSSR count). The maximum Gasteiger partial charge on any atom is 0.237 e. The molecule has 104 valence electrons. The summed E-state index contributed by atoms with van der Waals surface area (Å²) in [5.41, 5.74) is 1.08. The van der Waals surface area contributed by atoms with Crippen molar-refractivity contribution >= 4 is 18.3 Å². The molecule has 2 N–H and O–H groups in total. The molecule has 1 saturated heterocycles. The van der Waals surface area contributed by atoms with Gasteiger partial charge in [0, 0.05) is 5.56 Å². The van der Waals surface area contributed by atoms with Crippen molar-refractivity contribution in [2.45, 2.75) is 31.3 Å². The van der Waals surface area contributed by atoms with Gasteiger partial charge in [-0.15, -0.1) is 12.4 Å². The standard InChI is InChI=1S/C14H18N2O2.ClH/c17-14(11-6-3-4-8-15-11)16-12-9-18-13-7-2-1-5-10(12)13;/h1-2,5,7,11-12,15H,3-4,6,8-9H2,(H,16,17);1H/t11-,12?;/m1./s1. The van der Waals surface area contributed by atoms with Gasteiger partial charge in [0.1, 0.15) is 12.4 Å². The second kappa shape index (κ2) is 6.26. The van der Waals surface area contributed by atoms with E-state index in [9.17, 15) is 4.79 Å². The Morgan fingerprint density at radius 1 is 1.32 bits per heavy atom. The molecule has 0 radical (unpaired) electrons. The van der Waals surface area contributed by atoms with Crippen molar-refractivity contribution in [3.63, 3.8) is 0 Å². The fraction of sp³-hybridized carbons (Fsp3) is 0.500. The molecule has 0 aromatic heterocycles. The van der Waals surface area contributed by atoms with Crippen LogP contribution in [0, 0.1) is 0 Å². The van der Waals surface area contributed by atoms with Gasteiger partial charge in [-0.2, -0.15) is 0 Å². The summed E-state index contributed by atoms with van der Waals surface area (Å²) in [5.74, 6) is 0.986. The van der Waals surface area contributed by atoms with Crippen LogP contribution in [0.3, 0.4) is 0 Å². The van der Waals surface area contributed by atoms with E-state index < -0.39 is 0 Å². The Morgan fingerprint density at radius 3 is 2.95 bits per heavy atom. The average Bonchev–Trinajstić information content (AvgIpc) is 2.83. The van der Waals surface area contributed by atoms with E-state index in [2.05, 4.69) is 10.6 Å². The van der Waals surface area contributed by atoms with E-state index in [-0.39, 0.29) is 30.4 Å². The molecule has 0 bridgehead atoms. The SMILES string of the molecule is Cl.O=C(NC1COc2ccccc21)[C@H]1CCCCN1. The molecule has 2 aliphatic heterocycles. The van der Waals surface area contributed by atoms with Gasteiger partial charge in [-0.25, -0.2) is 0 Å². The van der Waals surface area contributed by atoms with Crippen LogP contribution in [0.4, 0.5) is 0 Å². The Hall–Kier alpha value is -1.26. The summed E-state index contributed by atoms with van der Waals surface area (Å²) < 4.78 is 5.56. The number of halogens is 1. The normalized spacial score (nSPS) is 24.8. The lowest BCUT2D eigenvalue weighted by atomic mass is 10.0. The van der Waals surface area contributed by atoms with Crippen molar-refractivity contribution in [3.8, 4) is 5.75 Å². The van der Waals surface area contributed by atoms with Gasteiger partial charge in [0.25, 0.3) is 0 Å². The number of para-hydroxylation sites is 1. The van der Waals surface area contributed by atoms with Gasteiger partial charge in [-0.05, 0) is 25.5 Å². The molecular formula is C14H19ClN2O2. The van der Waals surface area contributed by atoms with Crippen LogP contribution >= 0.6 is 12.4 Å². The Morgan fingerprint density at radius 2 is 2.16 bits per heavy atom. The van der Waals surface area contributed by atoms with Crippen LogP contribution in [0.2, 0.25) is 0 Å². The fourth-order valence-electron chi connectivity index (χ4n) is 2.63. The number of nitrogens with one attached hydrogen (secondary N) is 2. The monoisotopic (exact) mass is 282 g/mol. The number of rotatable bonds is 2. The van der Waals surface area contributed by atoms with E-state index in [0.29, 0.717) is 6.61 Å². The van der Waals surface area contributed by atoms with Gasteiger partial charge in [0.05, 0.1) is 12.1 Å². The molecule has 0 aliphatic carbocycles. The van der Waals surface area contributed by atoms with Crippen molar-refractivity contribution in [2.75, 3.05) is 13.2 Å². The van der Waals surface area contributed by atoms with E-state index in [1.165, 1.54) is 6.42 Å².